The van der Waals surface area contributed by atoms with Gasteiger partial charge < -0.3 is 9.80 Å². The summed E-state index contributed by atoms with van der Waals surface area (Å²) in [6, 6.07) is 17.0. The maximum Gasteiger partial charge on any atom is 0.233 e. The van der Waals surface area contributed by atoms with Gasteiger partial charge in [-0.3, -0.25) is 9.52 Å². The number of hydrogen-bond donors (Lipinski definition) is 1. The van der Waals surface area contributed by atoms with Crippen LogP contribution in [0.3, 0.4) is 0 Å². The van der Waals surface area contributed by atoms with Crippen LogP contribution in [0.4, 0.5) is 11.4 Å². The molecule has 0 atom stereocenters. The molecule has 0 spiro atoms. The van der Waals surface area contributed by atoms with Gasteiger partial charge in [-0.15, -0.1) is 0 Å². The van der Waals surface area contributed by atoms with Gasteiger partial charge in [0.25, 0.3) is 0 Å². The van der Waals surface area contributed by atoms with Crippen molar-refractivity contribution in [2.75, 3.05) is 41.6 Å². The van der Waals surface area contributed by atoms with E-state index < -0.39 is 10.0 Å². The Hall–Kier alpha value is -2.54. The Morgan fingerprint density at radius 1 is 0.963 bits per heavy atom. The second kappa shape index (κ2) is 8.43. The average Bonchev–Trinajstić information content (AvgIpc) is 2.68. The maximum atomic E-state index is 12.3. The van der Waals surface area contributed by atoms with E-state index in [-0.39, 0.29) is 11.7 Å². The summed E-state index contributed by atoms with van der Waals surface area (Å²) in [7, 11) is -3.40. The Labute approximate surface area is 160 Å². The van der Waals surface area contributed by atoms with Gasteiger partial charge in [0.15, 0.2) is 0 Å². The van der Waals surface area contributed by atoms with Crippen molar-refractivity contribution in [2.24, 2.45) is 0 Å². The summed E-state index contributed by atoms with van der Waals surface area (Å²) < 4.78 is 27.2. The number of benzene rings is 2. The number of amides is 1. The van der Waals surface area contributed by atoms with E-state index in [1.54, 1.807) is 19.1 Å². The first-order valence-electron chi connectivity index (χ1n) is 9.08. The minimum atomic E-state index is -3.40. The van der Waals surface area contributed by atoms with Crippen molar-refractivity contribution in [1.29, 1.82) is 0 Å². The molecule has 0 aromatic heterocycles. The highest BCUT2D eigenvalue weighted by molar-refractivity contribution is 7.92. The highest BCUT2D eigenvalue weighted by Gasteiger charge is 2.19. The SMILES string of the molecule is CC(=O)N1CCN(c2ccc(NS(=O)(=O)CCc3ccccc3)cc2)CC1. The van der Waals surface area contributed by atoms with Gasteiger partial charge in [-0.1, -0.05) is 30.3 Å². The van der Waals surface area contributed by atoms with Crippen LogP contribution in [-0.2, 0) is 21.2 Å². The number of piperazine rings is 1. The number of nitrogens with one attached hydrogen (secondary N) is 1. The molecule has 7 heteroatoms. The fourth-order valence-corrected chi connectivity index (χ4v) is 4.25. The topological polar surface area (TPSA) is 69.7 Å². The largest absolute Gasteiger partial charge is 0.368 e. The fourth-order valence-electron chi connectivity index (χ4n) is 3.15. The zero-order valence-electron chi connectivity index (χ0n) is 15.5. The van der Waals surface area contributed by atoms with Crippen LogP contribution in [0.1, 0.15) is 12.5 Å². The molecule has 1 heterocycles. The van der Waals surface area contributed by atoms with Gasteiger partial charge in [-0.05, 0) is 36.2 Å². The van der Waals surface area contributed by atoms with Crippen LogP contribution in [0.25, 0.3) is 0 Å². The lowest BCUT2D eigenvalue weighted by molar-refractivity contribution is -0.129. The molecule has 0 radical (unpaired) electrons. The van der Waals surface area contributed by atoms with Crippen LogP contribution in [0, 0.1) is 0 Å². The number of sulfonamides is 1. The summed E-state index contributed by atoms with van der Waals surface area (Å²) in [5.74, 6) is 0.154. The van der Waals surface area contributed by atoms with E-state index in [1.165, 1.54) is 0 Å². The lowest BCUT2D eigenvalue weighted by atomic mass is 10.2. The van der Waals surface area contributed by atoms with Gasteiger partial charge in [0, 0.05) is 44.5 Å². The van der Waals surface area contributed by atoms with E-state index in [4.69, 9.17) is 0 Å². The van der Waals surface area contributed by atoms with E-state index in [0.29, 0.717) is 25.2 Å². The quantitative estimate of drug-likeness (QED) is 0.826. The van der Waals surface area contributed by atoms with Gasteiger partial charge in [-0.25, -0.2) is 8.42 Å². The van der Waals surface area contributed by atoms with Crippen LogP contribution in [0.15, 0.2) is 54.6 Å². The predicted molar refractivity (Wildman–Crippen MR) is 108 cm³/mol. The van der Waals surface area contributed by atoms with Gasteiger partial charge >= 0.3 is 0 Å². The molecule has 2 aromatic carbocycles. The first kappa shape index (κ1) is 19.2. The minimum absolute atomic E-state index is 0.0474. The molecular weight excluding hydrogens is 362 g/mol. The van der Waals surface area contributed by atoms with Crippen molar-refractivity contribution in [3.63, 3.8) is 0 Å². The van der Waals surface area contributed by atoms with Gasteiger partial charge in [0.1, 0.15) is 0 Å². The van der Waals surface area contributed by atoms with Gasteiger partial charge in [0.2, 0.25) is 15.9 Å². The Kier molecular flexibility index (Phi) is 6.01. The summed E-state index contributed by atoms with van der Waals surface area (Å²) in [6.07, 6.45) is 0.481. The normalized spacial score (nSPS) is 14.9. The van der Waals surface area contributed by atoms with Crippen molar-refractivity contribution in [3.05, 3.63) is 60.2 Å². The van der Waals surface area contributed by atoms with Crippen molar-refractivity contribution >= 4 is 27.3 Å². The third-order valence-electron chi connectivity index (χ3n) is 4.73. The second-order valence-corrected chi connectivity index (χ2v) is 8.54. The molecule has 27 heavy (non-hydrogen) atoms. The van der Waals surface area contributed by atoms with Crippen molar-refractivity contribution in [1.82, 2.24) is 4.90 Å². The van der Waals surface area contributed by atoms with Gasteiger partial charge in [0.05, 0.1) is 5.75 Å². The molecule has 0 unspecified atom stereocenters. The Balaban J connectivity index is 1.55. The first-order valence-corrected chi connectivity index (χ1v) is 10.7. The Morgan fingerprint density at radius 3 is 2.19 bits per heavy atom. The van der Waals surface area contributed by atoms with Crippen LogP contribution in [0.2, 0.25) is 0 Å². The van der Waals surface area contributed by atoms with E-state index in [9.17, 15) is 13.2 Å². The number of hydrogen-bond acceptors (Lipinski definition) is 4. The summed E-state index contributed by atoms with van der Waals surface area (Å²) in [5.41, 5.74) is 2.60. The highest BCUT2D eigenvalue weighted by Crippen LogP contribution is 2.20. The highest BCUT2D eigenvalue weighted by atomic mass is 32.2. The van der Waals surface area contributed by atoms with Crippen LogP contribution < -0.4 is 9.62 Å². The predicted octanol–water partition coefficient (Wildman–Crippen LogP) is 2.34. The number of nitrogens with zero attached hydrogens (tertiary/aromatic N) is 2. The smallest absolute Gasteiger partial charge is 0.233 e. The summed E-state index contributed by atoms with van der Waals surface area (Å²) in [6.45, 7) is 4.57. The Bertz CT molecular complexity index is 859. The zero-order chi connectivity index (χ0) is 19.3. The molecule has 144 valence electrons. The van der Waals surface area contributed by atoms with E-state index >= 15 is 0 Å². The van der Waals surface area contributed by atoms with Crippen LogP contribution in [0.5, 0.6) is 0 Å². The third-order valence-corrected chi connectivity index (χ3v) is 6.02. The monoisotopic (exact) mass is 387 g/mol. The molecule has 1 fully saturated rings. The molecule has 0 aliphatic carbocycles. The molecule has 6 nitrogen and oxygen atoms in total. The lowest BCUT2D eigenvalue weighted by Gasteiger charge is -2.35. The summed E-state index contributed by atoms with van der Waals surface area (Å²) in [4.78, 5) is 15.4. The third kappa shape index (κ3) is 5.47. The Morgan fingerprint density at radius 2 is 1.59 bits per heavy atom. The van der Waals surface area contributed by atoms with Crippen molar-refractivity contribution < 1.29 is 13.2 Å². The fraction of sp³-hybridized carbons (Fsp3) is 0.350. The molecule has 1 aliphatic heterocycles. The minimum Gasteiger partial charge on any atom is -0.368 e. The number of aryl methyl sites for hydroxylation is 1. The van der Waals surface area contributed by atoms with Crippen LogP contribution in [-0.4, -0.2) is 51.2 Å². The summed E-state index contributed by atoms with van der Waals surface area (Å²) in [5, 5.41) is 0. The molecule has 0 bridgehead atoms. The molecule has 1 amide bonds. The lowest BCUT2D eigenvalue weighted by Crippen LogP contribution is -2.48. The van der Waals surface area contributed by atoms with E-state index in [2.05, 4.69) is 9.62 Å². The summed E-state index contributed by atoms with van der Waals surface area (Å²) >= 11 is 0. The number of anilines is 2. The molecule has 1 saturated heterocycles. The molecule has 0 saturated carbocycles. The van der Waals surface area contributed by atoms with E-state index in [1.807, 2.05) is 47.4 Å². The molecular formula is C20H25N3O3S. The maximum absolute atomic E-state index is 12.3. The number of carbonyl (C=O) groups excluding carboxylic acids is 1. The molecule has 1 aliphatic rings. The number of rotatable bonds is 6. The standard InChI is InChI=1S/C20H25N3O3S/c1-17(24)22-12-14-23(15-13-22)20-9-7-19(8-10-20)21-27(25,26)16-11-18-5-3-2-4-6-18/h2-10,21H,11-16H2,1H3. The van der Waals surface area contributed by atoms with Gasteiger partial charge in [-0.2, -0.15) is 0 Å². The second-order valence-electron chi connectivity index (χ2n) is 6.70. The zero-order valence-corrected chi connectivity index (χ0v) is 16.3. The molecule has 2 aromatic rings. The van der Waals surface area contributed by atoms with Crippen molar-refractivity contribution in [2.45, 2.75) is 13.3 Å². The first-order chi connectivity index (χ1) is 12.9. The average molecular weight is 388 g/mol. The van der Waals surface area contributed by atoms with Crippen LogP contribution >= 0.6 is 0 Å². The van der Waals surface area contributed by atoms with E-state index in [0.717, 1.165) is 24.3 Å². The molecule has 1 N–H and O–H groups in total. The van der Waals surface area contributed by atoms with Crippen molar-refractivity contribution in [3.8, 4) is 0 Å². The number of carbonyl (C=O) groups is 1. The molecule has 3 rings (SSSR count).